The quantitative estimate of drug-likeness (QED) is 0.164. The molecule has 1 amide bonds. The average Bonchev–Trinajstić information content (AvgIpc) is 3.08. The van der Waals surface area contributed by atoms with Crippen molar-refractivity contribution in [3.8, 4) is 11.8 Å². The molecule has 3 unspecified atom stereocenters. The highest BCUT2D eigenvalue weighted by atomic mass is 31.3. The van der Waals surface area contributed by atoms with Gasteiger partial charge in [0.15, 0.2) is 0 Å². The number of phosphoric ester groups is 1. The number of methoxy groups -OCH3 is 1. The predicted molar refractivity (Wildman–Crippen MR) is 118 cm³/mol. The number of ether oxygens (including phenoxy) is 2. The number of nitrogens with one attached hydrogen (secondary N) is 1. The first-order chi connectivity index (χ1) is 16.5. The number of hydrogen-bond acceptors (Lipinski definition) is 12. The molecule has 0 aromatic carbocycles. The molecule has 1 aliphatic rings. The molecule has 36 heavy (non-hydrogen) atoms. The Labute approximate surface area is 203 Å². The molecule has 7 N–H and O–H groups in total. The highest BCUT2D eigenvalue weighted by molar-refractivity contribution is 7.66. The number of alkyl carbamates (subject to hydrolysis) is 1. The Bertz CT molecular complexity index is 1240. The van der Waals surface area contributed by atoms with Gasteiger partial charge >= 0.3 is 35.3 Å². The van der Waals surface area contributed by atoms with Crippen molar-refractivity contribution in [3.63, 3.8) is 0 Å². The minimum absolute atomic E-state index is 0.0785. The van der Waals surface area contributed by atoms with Crippen molar-refractivity contribution in [2.24, 2.45) is 5.92 Å². The van der Waals surface area contributed by atoms with Crippen LogP contribution in [0.4, 0.5) is 10.6 Å². The Kier molecular flexibility index (Phi) is 9.99. The number of nitrogen functional groups attached to an aromatic ring is 1. The lowest BCUT2D eigenvalue weighted by Crippen LogP contribution is -2.29. The maximum atomic E-state index is 12.3. The average molecular weight is 576 g/mol. The zero-order valence-corrected chi connectivity index (χ0v) is 21.3. The van der Waals surface area contributed by atoms with E-state index < -0.39 is 54.2 Å². The molecule has 202 valence electrons. The van der Waals surface area contributed by atoms with E-state index in [-0.39, 0.29) is 30.3 Å². The van der Waals surface area contributed by atoms with Crippen molar-refractivity contribution in [3.05, 3.63) is 22.2 Å². The van der Waals surface area contributed by atoms with Crippen LogP contribution in [0.15, 0.2) is 11.0 Å². The lowest BCUT2D eigenvalue weighted by molar-refractivity contribution is -0.0307. The Morgan fingerprint density at radius 2 is 1.94 bits per heavy atom. The van der Waals surface area contributed by atoms with E-state index in [1.807, 2.05) is 0 Å². The molecule has 21 heteroatoms. The molecular formula is C15H23N4O14P3. The number of rotatable bonds is 9. The van der Waals surface area contributed by atoms with E-state index in [1.165, 1.54) is 13.3 Å². The molecule has 2 rings (SSSR count). The molecular weight excluding hydrogens is 553 g/mol. The van der Waals surface area contributed by atoms with Gasteiger partial charge < -0.3 is 40.1 Å². The SMILES string of the molecule is COC(=O)NCC#Cc1cn([C@H]2CC(C)[C@@H](COP(=O)(O)OP(=O)(O)OP(=O)(O)O)O2)c(=O)nc1N. The summed E-state index contributed by atoms with van der Waals surface area (Å²) in [6, 6.07) is 0. The molecule has 0 radical (unpaired) electrons. The number of anilines is 1. The van der Waals surface area contributed by atoms with E-state index in [0.717, 1.165) is 4.57 Å². The molecule has 1 aromatic rings. The normalized spacial score (nSPS) is 23.1. The lowest BCUT2D eigenvalue weighted by atomic mass is 10.0. The lowest BCUT2D eigenvalue weighted by Gasteiger charge is -2.20. The molecule has 1 saturated heterocycles. The van der Waals surface area contributed by atoms with Crippen LogP contribution in [0.2, 0.25) is 0 Å². The first-order valence-corrected chi connectivity index (χ1v) is 14.2. The van der Waals surface area contributed by atoms with Gasteiger partial charge in [-0.05, 0) is 12.3 Å². The van der Waals surface area contributed by atoms with Crippen LogP contribution >= 0.6 is 23.5 Å². The maximum absolute atomic E-state index is 12.3. The minimum Gasteiger partial charge on any atom is -0.453 e. The summed E-state index contributed by atoms with van der Waals surface area (Å²) in [5.41, 5.74) is 5.09. The monoisotopic (exact) mass is 576 g/mol. The summed E-state index contributed by atoms with van der Waals surface area (Å²) in [6.45, 7) is 0.898. The van der Waals surface area contributed by atoms with E-state index in [9.17, 15) is 33.1 Å². The van der Waals surface area contributed by atoms with Crippen molar-refractivity contribution in [1.29, 1.82) is 0 Å². The van der Waals surface area contributed by atoms with Crippen LogP contribution < -0.4 is 16.7 Å². The summed E-state index contributed by atoms with van der Waals surface area (Å²) >= 11 is 0. The topological polar surface area (TPSA) is 268 Å². The number of carbonyl (C=O) groups is 1. The second kappa shape index (κ2) is 12.0. The Hall–Kier alpha value is -2.12. The van der Waals surface area contributed by atoms with Gasteiger partial charge in [-0.3, -0.25) is 9.09 Å². The summed E-state index contributed by atoms with van der Waals surface area (Å²) in [7, 11) is -15.3. The van der Waals surface area contributed by atoms with E-state index in [2.05, 4.69) is 40.0 Å². The van der Waals surface area contributed by atoms with Crippen molar-refractivity contribution < 1.29 is 60.7 Å². The minimum atomic E-state index is -5.66. The molecule has 0 spiro atoms. The number of aromatic nitrogens is 2. The van der Waals surface area contributed by atoms with Gasteiger partial charge in [0.05, 0.1) is 31.9 Å². The van der Waals surface area contributed by atoms with Gasteiger partial charge in [-0.15, -0.1) is 0 Å². The second-order valence-corrected chi connectivity index (χ2v) is 11.5. The first-order valence-electron chi connectivity index (χ1n) is 9.65. The van der Waals surface area contributed by atoms with Crippen molar-refractivity contribution in [2.45, 2.75) is 25.7 Å². The van der Waals surface area contributed by atoms with Crippen molar-refractivity contribution in [2.75, 3.05) is 26.0 Å². The summed E-state index contributed by atoms with van der Waals surface area (Å²) < 4.78 is 57.0. The van der Waals surface area contributed by atoms with Gasteiger partial charge in [-0.25, -0.2) is 23.3 Å². The third-order valence-corrected chi connectivity index (χ3v) is 8.18. The summed E-state index contributed by atoms with van der Waals surface area (Å²) in [6.07, 6.45) is -1.08. The van der Waals surface area contributed by atoms with Crippen molar-refractivity contribution in [1.82, 2.24) is 14.9 Å². The number of carbonyl (C=O) groups excluding carboxylic acids is 1. The predicted octanol–water partition coefficient (Wildman–Crippen LogP) is -0.200. The number of hydrogen-bond donors (Lipinski definition) is 6. The number of nitrogens with zero attached hydrogens (tertiary/aromatic N) is 2. The van der Waals surface area contributed by atoms with Crippen LogP contribution in [0.5, 0.6) is 0 Å². The Morgan fingerprint density at radius 3 is 2.56 bits per heavy atom. The maximum Gasteiger partial charge on any atom is 0.490 e. The summed E-state index contributed by atoms with van der Waals surface area (Å²) in [5, 5.41) is 2.33. The zero-order chi connectivity index (χ0) is 27.3. The smallest absolute Gasteiger partial charge is 0.453 e. The van der Waals surface area contributed by atoms with E-state index in [0.29, 0.717) is 0 Å². The molecule has 0 bridgehead atoms. The van der Waals surface area contributed by atoms with Gasteiger partial charge in [0.1, 0.15) is 12.0 Å². The van der Waals surface area contributed by atoms with E-state index in [1.54, 1.807) is 6.92 Å². The van der Waals surface area contributed by atoms with Crippen LogP contribution in [0.1, 0.15) is 25.1 Å². The number of phosphoric acid groups is 3. The Morgan fingerprint density at radius 1 is 1.28 bits per heavy atom. The second-order valence-electron chi connectivity index (χ2n) is 7.11. The fraction of sp³-hybridized carbons (Fsp3) is 0.533. The molecule has 1 aliphatic heterocycles. The van der Waals surface area contributed by atoms with Crippen LogP contribution in [-0.2, 0) is 36.3 Å². The third-order valence-electron chi connectivity index (χ3n) is 4.38. The van der Waals surface area contributed by atoms with Crippen LogP contribution in [0.25, 0.3) is 0 Å². The Balaban J connectivity index is 2.07. The highest BCUT2D eigenvalue weighted by Crippen LogP contribution is 2.66. The van der Waals surface area contributed by atoms with Crippen molar-refractivity contribution >= 4 is 35.4 Å². The molecule has 1 aromatic heterocycles. The van der Waals surface area contributed by atoms with Gasteiger partial charge in [0, 0.05) is 6.20 Å². The molecule has 18 nitrogen and oxygen atoms in total. The summed E-state index contributed by atoms with van der Waals surface area (Å²) in [4.78, 5) is 63.0. The standard InChI is InChI=1S/C15H23N4O14P3/c1-9-6-12(19-7-10(13(16)18-14(19)20)4-3-5-17-15(21)29-2)31-11(9)8-30-35(25,26)33-36(27,28)32-34(22,23)24/h7,9,11-12H,5-6,8H2,1-2H3,(H,17,21)(H,25,26)(H,27,28)(H2,16,18,20)(H2,22,23,24)/t9?,11-,12-/m1/s1. The largest absolute Gasteiger partial charge is 0.490 e. The van der Waals surface area contributed by atoms with E-state index in [4.69, 9.17) is 20.3 Å². The van der Waals surface area contributed by atoms with Crippen LogP contribution in [0.3, 0.4) is 0 Å². The fourth-order valence-corrected chi connectivity index (χ4v) is 5.86. The van der Waals surface area contributed by atoms with Gasteiger partial charge in [0.25, 0.3) is 0 Å². The molecule has 0 saturated carbocycles. The van der Waals surface area contributed by atoms with Gasteiger partial charge in [-0.1, -0.05) is 18.8 Å². The van der Waals surface area contributed by atoms with Crippen LogP contribution in [-0.4, -0.2) is 61.6 Å². The number of amides is 1. The number of nitrogens with two attached hydrogens (primary N) is 1. The fourth-order valence-electron chi connectivity index (χ4n) is 2.83. The highest BCUT2D eigenvalue weighted by Gasteiger charge is 2.42. The van der Waals surface area contributed by atoms with Gasteiger partial charge in [0.2, 0.25) is 0 Å². The van der Waals surface area contributed by atoms with Gasteiger partial charge in [-0.2, -0.15) is 13.6 Å². The van der Waals surface area contributed by atoms with Crippen LogP contribution in [0, 0.1) is 17.8 Å². The first kappa shape index (κ1) is 30.1. The molecule has 5 atom stereocenters. The zero-order valence-electron chi connectivity index (χ0n) is 18.6. The molecule has 1 fully saturated rings. The summed E-state index contributed by atoms with van der Waals surface area (Å²) in [5.74, 6) is 4.68. The van der Waals surface area contributed by atoms with E-state index >= 15 is 0 Å². The molecule has 2 heterocycles. The third kappa shape index (κ3) is 9.40. The molecule has 0 aliphatic carbocycles.